The molecule has 1 saturated heterocycles. The summed E-state index contributed by atoms with van der Waals surface area (Å²) < 4.78 is 26.7. The third kappa shape index (κ3) is 2.44. The number of rotatable bonds is 3. The molecule has 1 aromatic rings. The number of nitrogens with one attached hydrogen (secondary N) is 1. The zero-order chi connectivity index (χ0) is 13.4. The number of halogens is 2. The van der Waals surface area contributed by atoms with Crippen LogP contribution in [0.1, 0.15) is 24.4 Å². The predicted octanol–water partition coefficient (Wildman–Crippen LogP) is 2.03. The van der Waals surface area contributed by atoms with E-state index in [9.17, 15) is 13.9 Å². The molecule has 0 amide bonds. The van der Waals surface area contributed by atoms with Gasteiger partial charge in [0, 0.05) is 37.8 Å². The fourth-order valence-corrected chi connectivity index (χ4v) is 2.91. The summed E-state index contributed by atoms with van der Waals surface area (Å²) in [7, 11) is 0. The Hall–Kier alpha value is -1.20. The number of phenols is 1. The molecule has 19 heavy (non-hydrogen) atoms. The second-order valence-electron chi connectivity index (χ2n) is 5.37. The molecule has 0 spiro atoms. The van der Waals surface area contributed by atoms with E-state index in [1.54, 1.807) is 0 Å². The zero-order valence-corrected chi connectivity index (χ0v) is 10.7. The molecule has 3 rings (SSSR count). The number of piperazine rings is 1. The van der Waals surface area contributed by atoms with Gasteiger partial charge < -0.3 is 10.4 Å². The van der Waals surface area contributed by atoms with Crippen molar-refractivity contribution >= 4 is 0 Å². The standard InChI is InChI=1S/C14H18F2N2O/c15-11-4-3-10(14(19)12(11)16)13(9-1-2-9)18-7-5-17-6-8-18/h3-4,9,13,17,19H,1-2,5-8H2/t13-/m0/s1. The Bertz CT molecular complexity index is 471. The fourth-order valence-electron chi connectivity index (χ4n) is 2.91. The number of benzene rings is 1. The first-order chi connectivity index (χ1) is 9.18. The first-order valence-electron chi connectivity index (χ1n) is 6.80. The Morgan fingerprint density at radius 2 is 1.89 bits per heavy atom. The van der Waals surface area contributed by atoms with Crippen molar-refractivity contribution in [2.24, 2.45) is 5.92 Å². The molecule has 5 heteroatoms. The van der Waals surface area contributed by atoms with Crippen LogP contribution in [0.3, 0.4) is 0 Å². The van der Waals surface area contributed by atoms with Gasteiger partial charge in [-0.25, -0.2) is 4.39 Å². The van der Waals surface area contributed by atoms with Crippen LogP contribution in [-0.2, 0) is 0 Å². The van der Waals surface area contributed by atoms with E-state index < -0.39 is 17.4 Å². The summed E-state index contributed by atoms with van der Waals surface area (Å²) >= 11 is 0. The van der Waals surface area contributed by atoms with Crippen molar-refractivity contribution in [3.8, 4) is 5.75 Å². The molecule has 0 unspecified atom stereocenters. The van der Waals surface area contributed by atoms with E-state index in [-0.39, 0.29) is 6.04 Å². The predicted molar refractivity (Wildman–Crippen MR) is 67.9 cm³/mol. The molecule has 1 saturated carbocycles. The number of aromatic hydroxyl groups is 1. The van der Waals surface area contributed by atoms with E-state index in [4.69, 9.17) is 0 Å². The monoisotopic (exact) mass is 268 g/mol. The average molecular weight is 268 g/mol. The van der Waals surface area contributed by atoms with E-state index in [1.165, 1.54) is 6.07 Å². The number of hydrogen-bond acceptors (Lipinski definition) is 3. The Morgan fingerprint density at radius 3 is 2.53 bits per heavy atom. The number of hydrogen-bond donors (Lipinski definition) is 2. The van der Waals surface area contributed by atoms with Gasteiger partial charge in [-0.2, -0.15) is 4.39 Å². The average Bonchev–Trinajstić information content (AvgIpc) is 3.25. The smallest absolute Gasteiger partial charge is 0.200 e. The molecular formula is C14H18F2N2O. The van der Waals surface area contributed by atoms with E-state index in [0.29, 0.717) is 11.5 Å². The van der Waals surface area contributed by atoms with Crippen LogP contribution >= 0.6 is 0 Å². The second-order valence-corrected chi connectivity index (χ2v) is 5.37. The Morgan fingerprint density at radius 1 is 1.21 bits per heavy atom. The van der Waals surface area contributed by atoms with Crippen LogP contribution in [0.5, 0.6) is 5.75 Å². The van der Waals surface area contributed by atoms with Gasteiger partial charge in [0.25, 0.3) is 0 Å². The lowest BCUT2D eigenvalue weighted by Crippen LogP contribution is -2.45. The maximum atomic E-state index is 13.5. The lowest BCUT2D eigenvalue weighted by atomic mass is 9.98. The Kier molecular flexibility index (Phi) is 3.41. The summed E-state index contributed by atoms with van der Waals surface area (Å²) in [6.45, 7) is 3.54. The highest BCUT2D eigenvalue weighted by atomic mass is 19.2. The van der Waals surface area contributed by atoms with Gasteiger partial charge in [-0.3, -0.25) is 4.90 Å². The SMILES string of the molecule is Oc1c([C@H](C2CC2)N2CCNCC2)ccc(F)c1F. The molecule has 2 aliphatic rings. The molecule has 1 aliphatic heterocycles. The van der Waals surface area contributed by atoms with Crippen LogP contribution in [0, 0.1) is 17.6 Å². The van der Waals surface area contributed by atoms with Crippen LogP contribution in [0.25, 0.3) is 0 Å². The van der Waals surface area contributed by atoms with Gasteiger partial charge in [-0.05, 0) is 24.8 Å². The summed E-state index contributed by atoms with van der Waals surface area (Å²) in [5, 5.41) is 13.2. The zero-order valence-electron chi connectivity index (χ0n) is 10.7. The second kappa shape index (κ2) is 5.06. The van der Waals surface area contributed by atoms with Crippen LogP contribution in [-0.4, -0.2) is 36.2 Å². The topological polar surface area (TPSA) is 35.5 Å². The number of nitrogens with zero attached hydrogens (tertiary/aromatic N) is 1. The molecule has 1 atom stereocenters. The van der Waals surface area contributed by atoms with Gasteiger partial charge in [0.1, 0.15) is 0 Å². The summed E-state index contributed by atoms with van der Waals surface area (Å²) in [4.78, 5) is 2.26. The minimum absolute atomic E-state index is 0.0113. The quantitative estimate of drug-likeness (QED) is 0.880. The fraction of sp³-hybridized carbons (Fsp3) is 0.571. The highest BCUT2D eigenvalue weighted by Crippen LogP contribution is 2.47. The summed E-state index contributed by atoms with van der Waals surface area (Å²) in [6.07, 6.45) is 2.18. The van der Waals surface area contributed by atoms with Crippen molar-refractivity contribution in [2.45, 2.75) is 18.9 Å². The minimum atomic E-state index is -1.13. The lowest BCUT2D eigenvalue weighted by Gasteiger charge is -2.35. The van der Waals surface area contributed by atoms with E-state index in [2.05, 4.69) is 10.2 Å². The van der Waals surface area contributed by atoms with Gasteiger partial charge in [0.15, 0.2) is 11.6 Å². The van der Waals surface area contributed by atoms with Crippen molar-refractivity contribution in [3.63, 3.8) is 0 Å². The molecule has 2 fully saturated rings. The van der Waals surface area contributed by atoms with Crippen LogP contribution in [0.4, 0.5) is 8.78 Å². The van der Waals surface area contributed by atoms with E-state index in [1.807, 2.05) is 0 Å². The van der Waals surface area contributed by atoms with Crippen molar-refractivity contribution in [2.75, 3.05) is 26.2 Å². The van der Waals surface area contributed by atoms with Gasteiger partial charge in [0.05, 0.1) is 0 Å². The normalized spacial score (nSPS) is 22.4. The summed E-state index contributed by atoms with van der Waals surface area (Å²) in [6, 6.07) is 2.65. The molecule has 0 radical (unpaired) electrons. The third-order valence-corrected chi connectivity index (χ3v) is 4.03. The van der Waals surface area contributed by atoms with Crippen LogP contribution in [0.2, 0.25) is 0 Å². The van der Waals surface area contributed by atoms with Crippen molar-refractivity contribution in [3.05, 3.63) is 29.3 Å². The molecule has 104 valence electrons. The molecular weight excluding hydrogens is 250 g/mol. The van der Waals surface area contributed by atoms with E-state index in [0.717, 1.165) is 45.1 Å². The van der Waals surface area contributed by atoms with Crippen molar-refractivity contribution in [1.29, 1.82) is 0 Å². The summed E-state index contributed by atoms with van der Waals surface area (Å²) in [5.41, 5.74) is 0.531. The van der Waals surface area contributed by atoms with Gasteiger partial charge >= 0.3 is 0 Å². The summed E-state index contributed by atoms with van der Waals surface area (Å²) in [5.74, 6) is -2.18. The van der Waals surface area contributed by atoms with Gasteiger partial charge in [0.2, 0.25) is 5.82 Å². The molecule has 1 aromatic carbocycles. The molecule has 1 aliphatic carbocycles. The molecule has 0 aromatic heterocycles. The molecule has 2 N–H and O–H groups in total. The lowest BCUT2D eigenvalue weighted by molar-refractivity contribution is 0.153. The van der Waals surface area contributed by atoms with Crippen LogP contribution < -0.4 is 5.32 Å². The maximum Gasteiger partial charge on any atom is 0.200 e. The van der Waals surface area contributed by atoms with E-state index >= 15 is 0 Å². The Balaban J connectivity index is 1.93. The van der Waals surface area contributed by atoms with Crippen molar-refractivity contribution < 1.29 is 13.9 Å². The van der Waals surface area contributed by atoms with Gasteiger partial charge in [-0.15, -0.1) is 0 Å². The highest BCUT2D eigenvalue weighted by Gasteiger charge is 2.38. The third-order valence-electron chi connectivity index (χ3n) is 4.03. The number of phenolic OH excluding ortho intramolecular Hbond substituents is 1. The maximum absolute atomic E-state index is 13.5. The van der Waals surface area contributed by atoms with Crippen molar-refractivity contribution in [1.82, 2.24) is 10.2 Å². The Labute approximate surface area is 111 Å². The molecule has 0 bridgehead atoms. The highest BCUT2D eigenvalue weighted by molar-refractivity contribution is 5.38. The first kappa shape index (κ1) is 12.8. The molecule has 1 heterocycles. The molecule has 3 nitrogen and oxygen atoms in total. The minimum Gasteiger partial charge on any atom is -0.505 e. The van der Waals surface area contributed by atoms with Crippen LogP contribution in [0.15, 0.2) is 12.1 Å². The van der Waals surface area contributed by atoms with Gasteiger partial charge in [-0.1, -0.05) is 6.07 Å². The first-order valence-corrected chi connectivity index (χ1v) is 6.80. The largest absolute Gasteiger partial charge is 0.505 e.